The van der Waals surface area contributed by atoms with Gasteiger partial charge in [0.25, 0.3) is 0 Å². The molecule has 0 atom stereocenters. The fourth-order valence-electron chi connectivity index (χ4n) is 2.41. The lowest BCUT2D eigenvalue weighted by atomic mass is 10.0. The molecule has 1 aromatic carbocycles. The summed E-state index contributed by atoms with van der Waals surface area (Å²) in [7, 11) is 0. The molecule has 0 saturated heterocycles. The number of rotatable bonds is 9. The first-order valence-electron chi connectivity index (χ1n) is 8.11. The van der Waals surface area contributed by atoms with Gasteiger partial charge in [0.15, 0.2) is 5.78 Å². The van der Waals surface area contributed by atoms with Crippen molar-refractivity contribution in [2.75, 3.05) is 11.9 Å². The second-order valence-corrected chi connectivity index (χ2v) is 5.44. The standard InChI is InChI=1S/C19H24N2O/c1-2-3-4-5-9-14-20-19-17(13-10-15-21-19)18(22)16-11-7-6-8-12-16/h6-8,10-13,15H,2-5,9,14H2,1H3,(H,20,21). The van der Waals surface area contributed by atoms with Crippen molar-refractivity contribution in [3.63, 3.8) is 0 Å². The fourth-order valence-corrected chi connectivity index (χ4v) is 2.41. The smallest absolute Gasteiger partial charge is 0.196 e. The topological polar surface area (TPSA) is 42.0 Å². The number of aromatic nitrogens is 1. The highest BCUT2D eigenvalue weighted by molar-refractivity contribution is 6.11. The van der Waals surface area contributed by atoms with Crippen LogP contribution < -0.4 is 5.32 Å². The zero-order chi connectivity index (χ0) is 15.6. The van der Waals surface area contributed by atoms with E-state index in [2.05, 4.69) is 17.2 Å². The molecule has 0 aliphatic carbocycles. The molecule has 0 saturated carbocycles. The zero-order valence-corrected chi connectivity index (χ0v) is 13.2. The largest absolute Gasteiger partial charge is 0.369 e. The molecular formula is C19H24N2O. The molecule has 0 aliphatic rings. The van der Waals surface area contributed by atoms with Crippen LogP contribution in [0.3, 0.4) is 0 Å². The molecule has 0 radical (unpaired) electrons. The van der Waals surface area contributed by atoms with Gasteiger partial charge in [-0.3, -0.25) is 4.79 Å². The highest BCUT2D eigenvalue weighted by atomic mass is 16.1. The zero-order valence-electron chi connectivity index (χ0n) is 13.2. The molecular weight excluding hydrogens is 272 g/mol. The summed E-state index contributed by atoms with van der Waals surface area (Å²) in [6.45, 7) is 3.07. The minimum atomic E-state index is 0.0159. The Morgan fingerprint density at radius 2 is 1.77 bits per heavy atom. The molecule has 1 N–H and O–H groups in total. The Kier molecular flexibility index (Phi) is 6.62. The Balaban J connectivity index is 1.97. The first-order valence-corrected chi connectivity index (χ1v) is 8.11. The van der Waals surface area contributed by atoms with Gasteiger partial charge >= 0.3 is 0 Å². The third-order valence-electron chi connectivity index (χ3n) is 3.66. The maximum Gasteiger partial charge on any atom is 0.196 e. The van der Waals surface area contributed by atoms with Crippen LogP contribution in [-0.2, 0) is 0 Å². The van der Waals surface area contributed by atoms with E-state index in [1.165, 1.54) is 25.7 Å². The maximum absolute atomic E-state index is 12.6. The van der Waals surface area contributed by atoms with Crippen LogP contribution in [-0.4, -0.2) is 17.3 Å². The molecule has 3 heteroatoms. The molecule has 0 fully saturated rings. The van der Waals surface area contributed by atoms with Gasteiger partial charge < -0.3 is 5.32 Å². The van der Waals surface area contributed by atoms with E-state index in [1.807, 2.05) is 42.5 Å². The number of carbonyl (C=O) groups is 1. The predicted molar refractivity (Wildman–Crippen MR) is 91.4 cm³/mol. The van der Waals surface area contributed by atoms with E-state index in [9.17, 15) is 4.79 Å². The molecule has 116 valence electrons. The normalized spacial score (nSPS) is 10.4. The van der Waals surface area contributed by atoms with Gasteiger partial charge in [0.05, 0.1) is 5.56 Å². The minimum Gasteiger partial charge on any atom is -0.369 e. The van der Waals surface area contributed by atoms with Crippen molar-refractivity contribution in [2.24, 2.45) is 0 Å². The molecule has 2 rings (SSSR count). The first-order chi connectivity index (χ1) is 10.8. The monoisotopic (exact) mass is 296 g/mol. The van der Waals surface area contributed by atoms with Crippen LogP contribution in [0.5, 0.6) is 0 Å². The van der Waals surface area contributed by atoms with E-state index in [1.54, 1.807) is 6.20 Å². The molecule has 1 heterocycles. The van der Waals surface area contributed by atoms with E-state index >= 15 is 0 Å². The SMILES string of the molecule is CCCCCCCNc1ncccc1C(=O)c1ccccc1. The summed E-state index contributed by atoms with van der Waals surface area (Å²) in [4.78, 5) is 16.9. The van der Waals surface area contributed by atoms with Crippen molar-refractivity contribution < 1.29 is 4.79 Å². The van der Waals surface area contributed by atoms with Gasteiger partial charge in [0, 0.05) is 18.3 Å². The molecule has 22 heavy (non-hydrogen) atoms. The second-order valence-electron chi connectivity index (χ2n) is 5.44. The number of ketones is 1. The highest BCUT2D eigenvalue weighted by Gasteiger charge is 2.13. The average Bonchev–Trinajstić information content (AvgIpc) is 2.58. The van der Waals surface area contributed by atoms with Gasteiger partial charge in [-0.1, -0.05) is 62.9 Å². The lowest BCUT2D eigenvalue weighted by Crippen LogP contribution is -2.10. The number of anilines is 1. The summed E-state index contributed by atoms with van der Waals surface area (Å²) in [5, 5.41) is 3.31. The van der Waals surface area contributed by atoms with Gasteiger partial charge in [0.1, 0.15) is 5.82 Å². The molecule has 3 nitrogen and oxygen atoms in total. The maximum atomic E-state index is 12.6. The third kappa shape index (κ3) is 4.69. The van der Waals surface area contributed by atoms with E-state index < -0.39 is 0 Å². The van der Waals surface area contributed by atoms with Gasteiger partial charge in [0.2, 0.25) is 0 Å². The average molecular weight is 296 g/mol. The Labute approximate surface area is 132 Å². The summed E-state index contributed by atoms with van der Waals surface area (Å²) < 4.78 is 0. The fraction of sp³-hybridized carbons (Fsp3) is 0.368. The van der Waals surface area contributed by atoms with Crippen LogP contribution in [0.4, 0.5) is 5.82 Å². The number of nitrogens with zero attached hydrogens (tertiary/aromatic N) is 1. The number of carbonyl (C=O) groups excluding carboxylic acids is 1. The number of unbranched alkanes of at least 4 members (excludes halogenated alkanes) is 4. The molecule has 1 aromatic heterocycles. The Morgan fingerprint density at radius 1 is 1.00 bits per heavy atom. The molecule has 0 unspecified atom stereocenters. The third-order valence-corrected chi connectivity index (χ3v) is 3.66. The highest BCUT2D eigenvalue weighted by Crippen LogP contribution is 2.17. The van der Waals surface area contributed by atoms with Crippen LogP contribution in [0.15, 0.2) is 48.7 Å². The van der Waals surface area contributed by atoms with Crippen molar-refractivity contribution in [3.05, 3.63) is 59.8 Å². The number of benzene rings is 1. The first kappa shape index (κ1) is 16.2. The minimum absolute atomic E-state index is 0.0159. The van der Waals surface area contributed by atoms with Gasteiger partial charge in [-0.2, -0.15) is 0 Å². The van der Waals surface area contributed by atoms with E-state index in [0.29, 0.717) is 16.9 Å². The molecule has 0 aliphatic heterocycles. The number of hydrogen-bond donors (Lipinski definition) is 1. The Morgan fingerprint density at radius 3 is 2.55 bits per heavy atom. The van der Waals surface area contributed by atoms with Crippen LogP contribution >= 0.6 is 0 Å². The summed E-state index contributed by atoms with van der Waals surface area (Å²) >= 11 is 0. The van der Waals surface area contributed by atoms with E-state index in [4.69, 9.17) is 0 Å². The molecule has 0 spiro atoms. The van der Waals surface area contributed by atoms with E-state index in [0.717, 1.165) is 13.0 Å². The van der Waals surface area contributed by atoms with Crippen molar-refractivity contribution in [3.8, 4) is 0 Å². The Hall–Kier alpha value is -2.16. The summed E-state index contributed by atoms with van der Waals surface area (Å²) in [6, 6.07) is 13.0. The number of nitrogens with one attached hydrogen (secondary N) is 1. The van der Waals surface area contributed by atoms with Crippen molar-refractivity contribution >= 4 is 11.6 Å². The van der Waals surface area contributed by atoms with Gasteiger partial charge in [-0.05, 0) is 18.6 Å². The Bertz CT molecular complexity index is 581. The molecule has 2 aromatic rings. The summed E-state index contributed by atoms with van der Waals surface area (Å²) in [5.74, 6) is 0.703. The van der Waals surface area contributed by atoms with Gasteiger partial charge in [-0.15, -0.1) is 0 Å². The van der Waals surface area contributed by atoms with E-state index in [-0.39, 0.29) is 5.78 Å². The van der Waals surface area contributed by atoms with Crippen molar-refractivity contribution in [2.45, 2.75) is 39.0 Å². The number of pyridine rings is 1. The summed E-state index contributed by atoms with van der Waals surface area (Å²) in [6.07, 6.45) is 7.87. The number of hydrogen-bond acceptors (Lipinski definition) is 3. The van der Waals surface area contributed by atoms with Crippen molar-refractivity contribution in [1.29, 1.82) is 0 Å². The van der Waals surface area contributed by atoms with Crippen LogP contribution in [0, 0.1) is 0 Å². The van der Waals surface area contributed by atoms with Crippen LogP contribution in [0.2, 0.25) is 0 Å². The van der Waals surface area contributed by atoms with Crippen molar-refractivity contribution in [1.82, 2.24) is 4.98 Å². The second kappa shape index (κ2) is 8.98. The molecule has 0 bridgehead atoms. The summed E-state index contributed by atoms with van der Waals surface area (Å²) in [5.41, 5.74) is 1.34. The lowest BCUT2D eigenvalue weighted by Gasteiger charge is -2.10. The van der Waals surface area contributed by atoms with Crippen LogP contribution in [0.1, 0.15) is 54.9 Å². The van der Waals surface area contributed by atoms with Crippen LogP contribution in [0.25, 0.3) is 0 Å². The van der Waals surface area contributed by atoms with Gasteiger partial charge in [-0.25, -0.2) is 4.98 Å². The predicted octanol–water partition coefficient (Wildman–Crippen LogP) is 4.69. The quantitative estimate of drug-likeness (QED) is 0.539. The molecule has 0 amide bonds. The lowest BCUT2D eigenvalue weighted by molar-refractivity contribution is 0.103.